The fourth-order valence-electron chi connectivity index (χ4n) is 1.88. The summed E-state index contributed by atoms with van der Waals surface area (Å²) in [6, 6.07) is -0.121. The molecular formula is C13H25NO2S. The van der Waals surface area contributed by atoms with Crippen LogP contribution < -0.4 is 0 Å². The van der Waals surface area contributed by atoms with Gasteiger partial charge in [-0.15, -0.1) is 0 Å². The maximum atomic E-state index is 12.0. The first-order valence-corrected chi connectivity index (χ1v) is 7.47. The number of hydrogen-bond donors (Lipinski definition) is 0. The summed E-state index contributed by atoms with van der Waals surface area (Å²) < 4.78 is 5.43. The minimum atomic E-state index is -0.389. The molecule has 17 heavy (non-hydrogen) atoms. The van der Waals surface area contributed by atoms with Crippen LogP contribution in [0.3, 0.4) is 0 Å². The number of ether oxygens (including phenoxy) is 1. The van der Waals surface area contributed by atoms with Gasteiger partial charge in [0.1, 0.15) is 11.6 Å². The molecule has 0 amide bonds. The Labute approximate surface area is 109 Å². The van der Waals surface area contributed by atoms with E-state index < -0.39 is 0 Å². The summed E-state index contributed by atoms with van der Waals surface area (Å²) in [4.78, 5) is 14.2. The van der Waals surface area contributed by atoms with Crippen molar-refractivity contribution in [2.45, 2.75) is 57.9 Å². The van der Waals surface area contributed by atoms with Crippen LogP contribution in [0.15, 0.2) is 0 Å². The van der Waals surface area contributed by atoms with E-state index in [2.05, 4.69) is 11.8 Å². The molecule has 4 heteroatoms. The van der Waals surface area contributed by atoms with Gasteiger partial charge in [0.25, 0.3) is 0 Å². The Kier molecular flexibility index (Phi) is 5.32. The number of carbonyl (C=O) groups is 1. The molecule has 2 atom stereocenters. The highest BCUT2D eigenvalue weighted by Gasteiger charge is 2.29. The van der Waals surface area contributed by atoms with Crippen molar-refractivity contribution in [2.75, 3.05) is 18.8 Å². The van der Waals surface area contributed by atoms with Gasteiger partial charge in [-0.2, -0.15) is 11.8 Å². The van der Waals surface area contributed by atoms with Crippen molar-refractivity contribution in [3.05, 3.63) is 0 Å². The lowest BCUT2D eigenvalue weighted by Gasteiger charge is -2.36. The Balaban J connectivity index is 2.51. The summed E-state index contributed by atoms with van der Waals surface area (Å²) >= 11 is 2.02. The molecule has 1 saturated heterocycles. The zero-order valence-corrected chi connectivity index (χ0v) is 12.5. The summed E-state index contributed by atoms with van der Waals surface area (Å²) in [6.07, 6.45) is 1.17. The highest BCUT2D eigenvalue weighted by atomic mass is 32.2. The molecule has 0 spiro atoms. The molecule has 2 unspecified atom stereocenters. The van der Waals surface area contributed by atoms with Crippen molar-refractivity contribution in [2.24, 2.45) is 0 Å². The van der Waals surface area contributed by atoms with Crippen LogP contribution in [-0.2, 0) is 9.53 Å². The van der Waals surface area contributed by atoms with Crippen LogP contribution in [0.2, 0.25) is 0 Å². The number of hydrogen-bond acceptors (Lipinski definition) is 4. The largest absolute Gasteiger partial charge is 0.459 e. The zero-order valence-electron chi connectivity index (χ0n) is 11.7. The van der Waals surface area contributed by atoms with Crippen molar-refractivity contribution >= 4 is 17.7 Å². The molecule has 1 rings (SSSR count). The third kappa shape index (κ3) is 4.88. The molecule has 0 aromatic rings. The Morgan fingerprint density at radius 1 is 1.53 bits per heavy atom. The summed E-state index contributed by atoms with van der Waals surface area (Å²) in [6.45, 7) is 11.9. The molecule has 0 bridgehead atoms. The molecule has 100 valence electrons. The fraction of sp³-hybridized carbons (Fsp3) is 0.923. The van der Waals surface area contributed by atoms with Gasteiger partial charge >= 0.3 is 5.97 Å². The van der Waals surface area contributed by atoms with Crippen molar-refractivity contribution in [1.82, 2.24) is 4.90 Å². The molecule has 1 aliphatic heterocycles. The molecule has 0 saturated carbocycles. The minimum absolute atomic E-state index is 0.0979. The quantitative estimate of drug-likeness (QED) is 0.729. The summed E-state index contributed by atoms with van der Waals surface area (Å²) in [5.41, 5.74) is -0.389. The van der Waals surface area contributed by atoms with Crippen LogP contribution in [-0.4, -0.2) is 46.6 Å². The van der Waals surface area contributed by atoms with Crippen LogP contribution in [0.25, 0.3) is 0 Å². The van der Waals surface area contributed by atoms with E-state index in [1.54, 1.807) is 0 Å². The second kappa shape index (κ2) is 6.10. The van der Waals surface area contributed by atoms with Crippen LogP contribution in [0.4, 0.5) is 0 Å². The van der Waals surface area contributed by atoms with Gasteiger partial charge in [0.2, 0.25) is 0 Å². The first kappa shape index (κ1) is 14.8. The first-order chi connectivity index (χ1) is 7.83. The molecule has 0 aliphatic carbocycles. The fourth-order valence-corrected chi connectivity index (χ4v) is 3.08. The minimum Gasteiger partial charge on any atom is -0.459 e. The van der Waals surface area contributed by atoms with E-state index >= 15 is 0 Å². The van der Waals surface area contributed by atoms with E-state index in [4.69, 9.17) is 4.74 Å². The van der Waals surface area contributed by atoms with E-state index in [0.717, 1.165) is 18.8 Å². The van der Waals surface area contributed by atoms with Gasteiger partial charge in [0.15, 0.2) is 0 Å². The number of esters is 1. The third-order valence-electron chi connectivity index (χ3n) is 2.92. The number of carbonyl (C=O) groups excluding carboxylic acids is 1. The summed E-state index contributed by atoms with van der Waals surface area (Å²) in [5.74, 6) is 1.02. The maximum absolute atomic E-state index is 12.0. The molecule has 1 aliphatic rings. The highest BCUT2D eigenvalue weighted by molar-refractivity contribution is 8.00. The molecule has 0 radical (unpaired) electrons. The topological polar surface area (TPSA) is 29.5 Å². The molecule has 0 aromatic carbocycles. The summed E-state index contributed by atoms with van der Waals surface area (Å²) in [7, 11) is 0. The van der Waals surface area contributed by atoms with Gasteiger partial charge in [-0.25, -0.2) is 0 Å². The third-order valence-corrected chi connectivity index (χ3v) is 4.29. The van der Waals surface area contributed by atoms with Crippen molar-refractivity contribution in [3.63, 3.8) is 0 Å². The molecule has 3 nitrogen and oxygen atoms in total. The Hall–Kier alpha value is -0.220. The normalized spacial score (nSPS) is 24.4. The van der Waals surface area contributed by atoms with Crippen LogP contribution in [0, 0.1) is 0 Å². The molecular weight excluding hydrogens is 234 g/mol. The predicted molar refractivity (Wildman–Crippen MR) is 73.4 cm³/mol. The van der Waals surface area contributed by atoms with Crippen LogP contribution in [0.5, 0.6) is 0 Å². The number of thioether (sulfide) groups is 1. The average molecular weight is 259 g/mol. The average Bonchev–Trinajstić information content (AvgIpc) is 2.26. The number of rotatable bonds is 3. The predicted octanol–water partition coefficient (Wildman–Crippen LogP) is 2.54. The van der Waals surface area contributed by atoms with Crippen molar-refractivity contribution in [1.29, 1.82) is 0 Å². The Morgan fingerprint density at radius 3 is 2.71 bits per heavy atom. The van der Waals surface area contributed by atoms with Gasteiger partial charge in [0, 0.05) is 24.1 Å². The molecule has 0 aromatic heterocycles. The zero-order chi connectivity index (χ0) is 13.1. The molecule has 1 heterocycles. The lowest BCUT2D eigenvalue weighted by molar-refractivity contribution is -0.160. The van der Waals surface area contributed by atoms with E-state index in [-0.39, 0.29) is 17.6 Å². The van der Waals surface area contributed by atoms with Crippen LogP contribution in [0.1, 0.15) is 41.0 Å². The SMILES string of the molecule is CCC1CN(C(C)C(=O)OC(C)(C)C)CCS1. The standard InChI is InChI=1S/C13H25NO2S/c1-6-11-9-14(7-8-17-11)10(2)12(15)16-13(3,4)5/h10-11H,6-9H2,1-5H3. The Bertz CT molecular complexity index is 263. The van der Waals surface area contributed by atoms with Gasteiger partial charge in [0.05, 0.1) is 0 Å². The van der Waals surface area contributed by atoms with Crippen LogP contribution >= 0.6 is 11.8 Å². The van der Waals surface area contributed by atoms with E-state index in [1.165, 1.54) is 6.42 Å². The molecule has 0 N–H and O–H groups in total. The van der Waals surface area contributed by atoms with Gasteiger partial charge in [-0.05, 0) is 34.1 Å². The van der Waals surface area contributed by atoms with Crippen molar-refractivity contribution in [3.8, 4) is 0 Å². The first-order valence-electron chi connectivity index (χ1n) is 6.42. The maximum Gasteiger partial charge on any atom is 0.323 e. The van der Waals surface area contributed by atoms with Gasteiger partial charge < -0.3 is 4.74 Å². The lowest BCUT2D eigenvalue weighted by Crippen LogP contribution is -2.48. The number of nitrogens with zero attached hydrogens (tertiary/aromatic N) is 1. The van der Waals surface area contributed by atoms with Gasteiger partial charge in [-0.3, -0.25) is 9.69 Å². The Morgan fingerprint density at radius 2 is 2.18 bits per heavy atom. The van der Waals surface area contributed by atoms with E-state index in [9.17, 15) is 4.79 Å². The highest BCUT2D eigenvalue weighted by Crippen LogP contribution is 2.23. The summed E-state index contributed by atoms with van der Waals surface area (Å²) in [5, 5.41) is 0.661. The lowest BCUT2D eigenvalue weighted by atomic mass is 10.2. The second-order valence-corrected chi connectivity index (χ2v) is 7.01. The second-order valence-electron chi connectivity index (χ2n) is 5.61. The molecule has 1 fully saturated rings. The van der Waals surface area contributed by atoms with E-state index in [1.807, 2.05) is 39.5 Å². The van der Waals surface area contributed by atoms with E-state index in [0.29, 0.717) is 5.25 Å². The smallest absolute Gasteiger partial charge is 0.323 e. The van der Waals surface area contributed by atoms with Gasteiger partial charge in [-0.1, -0.05) is 6.92 Å². The monoisotopic (exact) mass is 259 g/mol. The van der Waals surface area contributed by atoms with Crippen molar-refractivity contribution < 1.29 is 9.53 Å².